The van der Waals surface area contributed by atoms with Crippen LogP contribution in [-0.4, -0.2) is 35.6 Å². The van der Waals surface area contributed by atoms with Crippen LogP contribution in [0.1, 0.15) is 59.3 Å². The molecule has 3 aromatic rings. The lowest BCUT2D eigenvalue weighted by Gasteiger charge is -2.27. The SMILES string of the molecule is COC1CCC(c2cnc(N)c(-c3ccc(C(=O)N[C@H](CN)c4cc(F)cc(I)c4)c(F)c3)n2)CC1. The highest BCUT2D eigenvalue weighted by Crippen LogP contribution is 2.34. The molecule has 36 heavy (non-hydrogen) atoms. The Labute approximate surface area is 222 Å². The van der Waals surface area contributed by atoms with Crippen molar-refractivity contribution in [1.29, 1.82) is 0 Å². The maximum absolute atomic E-state index is 15.1. The van der Waals surface area contributed by atoms with Gasteiger partial charge in [0, 0.05) is 28.7 Å². The molecule has 0 aliphatic heterocycles. The summed E-state index contributed by atoms with van der Waals surface area (Å²) in [6.45, 7) is 0.0240. The van der Waals surface area contributed by atoms with E-state index in [1.54, 1.807) is 25.4 Å². The minimum atomic E-state index is -0.734. The topological polar surface area (TPSA) is 116 Å². The molecule has 2 aromatic carbocycles. The number of anilines is 1. The lowest BCUT2D eigenvalue weighted by Crippen LogP contribution is -2.34. The van der Waals surface area contributed by atoms with Crippen LogP contribution in [-0.2, 0) is 4.74 Å². The van der Waals surface area contributed by atoms with E-state index in [4.69, 9.17) is 21.2 Å². The van der Waals surface area contributed by atoms with Gasteiger partial charge in [0.25, 0.3) is 5.91 Å². The average molecular weight is 607 g/mol. The second-order valence-electron chi connectivity index (χ2n) is 8.90. The molecule has 7 nitrogen and oxygen atoms in total. The molecule has 0 spiro atoms. The highest BCUT2D eigenvalue weighted by Gasteiger charge is 2.25. The molecule has 4 rings (SSSR count). The highest BCUT2D eigenvalue weighted by molar-refractivity contribution is 14.1. The Morgan fingerprint density at radius 1 is 1.19 bits per heavy atom. The van der Waals surface area contributed by atoms with Crippen molar-refractivity contribution in [2.24, 2.45) is 5.73 Å². The number of hydrogen-bond acceptors (Lipinski definition) is 6. The molecular weight excluding hydrogens is 579 g/mol. The van der Waals surface area contributed by atoms with Crippen molar-refractivity contribution in [3.05, 3.63) is 74.6 Å². The zero-order chi connectivity index (χ0) is 25.8. The molecule has 0 unspecified atom stereocenters. The summed E-state index contributed by atoms with van der Waals surface area (Å²) in [5.41, 5.74) is 13.8. The number of hydrogen-bond donors (Lipinski definition) is 3. The van der Waals surface area contributed by atoms with Gasteiger partial charge in [-0.3, -0.25) is 4.79 Å². The van der Waals surface area contributed by atoms with Crippen molar-refractivity contribution in [1.82, 2.24) is 15.3 Å². The van der Waals surface area contributed by atoms with Gasteiger partial charge in [-0.15, -0.1) is 0 Å². The van der Waals surface area contributed by atoms with Crippen LogP contribution in [0.2, 0.25) is 0 Å². The maximum Gasteiger partial charge on any atom is 0.254 e. The van der Waals surface area contributed by atoms with Gasteiger partial charge in [0.05, 0.1) is 29.6 Å². The molecule has 190 valence electrons. The molecule has 1 amide bonds. The third kappa shape index (κ3) is 5.98. The quantitative estimate of drug-likeness (QED) is 0.335. The summed E-state index contributed by atoms with van der Waals surface area (Å²) in [6.07, 6.45) is 5.68. The first-order valence-electron chi connectivity index (χ1n) is 11.7. The summed E-state index contributed by atoms with van der Waals surface area (Å²) in [5, 5.41) is 2.69. The van der Waals surface area contributed by atoms with Gasteiger partial charge < -0.3 is 21.5 Å². The summed E-state index contributed by atoms with van der Waals surface area (Å²) in [7, 11) is 1.73. The van der Waals surface area contributed by atoms with Crippen LogP contribution in [0.5, 0.6) is 0 Å². The molecule has 10 heteroatoms. The number of amides is 1. The first kappa shape index (κ1) is 26.4. The van der Waals surface area contributed by atoms with E-state index in [1.165, 1.54) is 24.3 Å². The lowest BCUT2D eigenvalue weighted by molar-refractivity contribution is 0.0655. The largest absolute Gasteiger partial charge is 0.382 e. The summed E-state index contributed by atoms with van der Waals surface area (Å²) in [4.78, 5) is 21.8. The lowest BCUT2D eigenvalue weighted by atomic mass is 9.85. The van der Waals surface area contributed by atoms with Crippen LogP contribution in [0.15, 0.2) is 42.6 Å². The Bertz CT molecular complexity index is 1230. The molecule has 1 heterocycles. The zero-order valence-electron chi connectivity index (χ0n) is 19.8. The molecule has 1 aromatic heterocycles. The van der Waals surface area contributed by atoms with Crippen LogP contribution < -0.4 is 16.8 Å². The standard InChI is InChI=1S/C26H28F2IN5O2/c1-36-19-5-2-14(3-6-19)23-13-32-25(31)24(33-23)15-4-7-20(21(28)10-15)26(35)34-22(12-30)16-8-17(27)11-18(29)9-16/h4,7-11,13-14,19,22H,2-3,5-6,12,30H2,1H3,(H2,31,32)(H,34,35)/t14?,19?,22-/m1/s1. The van der Waals surface area contributed by atoms with Crippen LogP contribution >= 0.6 is 22.6 Å². The van der Waals surface area contributed by atoms with Crippen LogP contribution in [0.3, 0.4) is 0 Å². The predicted molar refractivity (Wildman–Crippen MR) is 142 cm³/mol. The Morgan fingerprint density at radius 3 is 2.58 bits per heavy atom. The fourth-order valence-electron chi connectivity index (χ4n) is 4.55. The molecule has 0 saturated heterocycles. The second kappa shape index (κ2) is 11.6. The van der Waals surface area contributed by atoms with E-state index >= 15 is 4.39 Å². The van der Waals surface area contributed by atoms with Crippen molar-refractivity contribution in [2.75, 3.05) is 19.4 Å². The molecule has 1 aliphatic rings. The number of nitrogens with zero attached hydrogens (tertiary/aromatic N) is 2. The van der Waals surface area contributed by atoms with Gasteiger partial charge in [0.15, 0.2) is 0 Å². The summed E-state index contributed by atoms with van der Waals surface area (Å²) >= 11 is 1.98. The molecule has 1 aliphatic carbocycles. The van der Waals surface area contributed by atoms with Crippen molar-refractivity contribution in [3.8, 4) is 11.3 Å². The van der Waals surface area contributed by atoms with E-state index in [0.29, 0.717) is 20.4 Å². The molecular formula is C26H28F2IN5O2. The number of ether oxygens (including phenoxy) is 1. The molecule has 1 fully saturated rings. The fourth-order valence-corrected chi connectivity index (χ4v) is 5.21. The minimum absolute atomic E-state index is 0.0240. The molecule has 1 saturated carbocycles. The van der Waals surface area contributed by atoms with Crippen LogP contribution in [0.25, 0.3) is 11.3 Å². The average Bonchev–Trinajstić information content (AvgIpc) is 2.86. The van der Waals surface area contributed by atoms with Crippen LogP contribution in [0.4, 0.5) is 14.6 Å². The van der Waals surface area contributed by atoms with Crippen molar-refractivity contribution < 1.29 is 18.3 Å². The highest BCUT2D eigenvalue weighted by atomic mass is 127. The molecule has 1 atom stereocenters. The normalized spacial score (nSPS) is 18.6. The van der Waals surface area contributed by atoms with E-state index in [-0.39, 0.29) is 29.9 Å². The van der Waals surface area contributed by atoms with E-state index in [9.17, 15) is 9.18 Å². The molecule has 0 bridgehead atoms. The van der Waals surface area contributed by atoms with Crippen molar-refractivity contribution in [2.45, 2.75) is 43.7 Å². The molecule has 5 N–H and O–H groups in total. The zero-order valence-corrected chi connectivity index (χ0v) is 22.0. The van der Waals surface area contributed by atoms with Crippen LogP contribution in [0, 0.1) is 15.2 Å². The Kier molecular flexibility index (Phi) is 8.47. The number of methoxy groups -OCH3 is 1. The Hall–Kier alpha value is -2.70. The summed E-state index contributed by atoms with van der Waals surface area (Å²) in [6, 6.07) is 7.90. The number of benzene rings is 2. The van der Waals surface area contributed by atoms with Gasteiger partial charge in [0.2, 0.25) is 0 Å². The summed E-state index contributed by atoms with van der Waals surface area (Å²) in [5.74, 6) is -1.41. The van der Waals surface area contributed by atoms with Crippen molar-refractivity contribution >= 4 is 34.3 Å². The second-order valence-corrected chi connectivity index (χ2v) is 10.1. The van der Waals surface area contributed by atoms with Gasteiger partial charge in [-0.2, -0.15) is 0 Å². The number of nitrogens with one attached hydrogen (secondary N) is 1. The van der Waals surface area contributed by atoms with Crippen molar-refractivity contribution in [3.63, 3.8) is 0 Å². The minimum Gasteiger partial charge on any atom is -0.382 e. The van der Waals surface area contributed by atoms with E-state index in [1.807, 2.05) is 22.6 Å². The number of halogens is 3. The third-order valence-electron chi connectivity index (χ3n) is 6.56. The van der Waals surface area contributed by atoms with E-state index < -0.39 is 23.6 Å². The number of aromatic nitrogens is 2. The number of carbonyl (C=O) groups is 1. The Morgan fingerprint density at radius 2 is 1.94 bits per heavy atom. The predicted octanol–water partition coefficient (Wildman–Crippen LogP) is 4.71. The van der Waals surface area contributed by atoms with E-state index in [0.717, 1.165) is 31.4 Å². The van der Waals surface area contributed by atoms with Gasteiger partial charge >= 0.3 is 0 Å². The third-order valence-corrected chi connectivity index (χ3v) is 7.18. The first-order valence-corrected chi connectivity index (χ1v) is 12.8. The number of rotatable bonds is 7. The molecule has 0 radical (unpaired) electrons. The van der Waals surface area contributed by atoms with Gasteiger partial charge in [-0.05, 0) is 84.2 Å². The van der Waals surface area contributed by atoms with Gasteiger partial charge in [0.1, 0.15) is 23.1 Å². The number of carbonyl (C=O) groups excluding carboxylic acids is 1. The van der Waals surface area contributed by atoms with Gasteiger partial charge in [-0.25, -0.2) is 18.7 Å². The number of nitrogen functional groups attached to an aromatic ring is 1. The first-order chi connectivity index (χ1) is 17.3. The van der Waals surface area contributed by atoms with Gasteiger partial charge in [-0.1, -0.05) is 6.07 Å². The fraction of sp³-hybridized carbons (Fsp3) is 0.346. The van der Waals surface area contributed by atoms with E-state index in [2.05, 4.69) is 10.3 Å². The summed E-state index contributed by atoms with van der Waals surface area (Å²) < 4.78 is 35.0. The monoisotopic (exact) mass is 607 g/mol. The Balaban J connectivity index is 1.54. The number of nitrogens with two attached hydrogens (primary N) is 2. The maximum atomic E-state index is 15.1. The smallest absolute Gasteiger partial charge is 0.254 e.